The number of hydrogen-bond acceptors (Lipinski definition) is 3. The Kier molecular flexibility index (Phi) is 4.66. The van der Waals surface area contributed by atoms with Crippen LogP contribution >= 0.6 is 0 Å². The lowest BCUT2D eigenvalue weighted by molar-refractivity contribution is -0.127. The smallest absolute Gasteiger partial charge is 0.223 e. The van der Waals surface area contributed by atoms with E-state index in [0.29, 0.717) is 24.8 Å². The van der Waals surface area contributed by atoms with E-state index in [1.54, 1.807) is 18.2 Å². The van der Waals surface area contributed by atoms with E-state index in [2.05, 4.69) is 5.32 Å². The topological polar surface area (TPSA) is 70.0 Å². The molecule has 0 bridgehead atoms. The summed E-state index contributed by atoms with van der Waals surface area (Å²) in [7, 11) is -2.54. The minimum Gasteiger partial charge on any atom is -0.353 e. The molecule has 116 valence electrons. The van der Waals surface area contributed by atoms with Crippen molar-refractivity contribution in [2.75, 3.05) is 6.26 Å². The van der Waals surface area contributed by atoms with E-state index < -0.39 is 9.73 Å². The van der Waals surface area contributed by atoms with Crippen molar-refractivity contribution in [3.05, 3.63) is 35.6 Å². The molecule has 1 fully saturated rings. The molecule has 2 rings (SSSR count). The van der Waals surface area contributed by atoms with Crippen LogP contribution in [-0.4, -0.2) is 27.7 Å². The van der Waals surface area contributed by atoms with Crippen molar-refractivity contribution in [3.63, 3.8) is 0 Å². The third-order valence-corrected chi connectivity index (χ3v) is 5.63. The monoisotopic (exact) mass is 312 g/mol. The molecule has 1 saturated carbocycles. The second-order valence-corrected chi connectivity index (χ2v) is 8.37. The van der Waals surface area contributed by atoms with Gasteiger partial charge in [-0.25, -0.2) is 8.60 Å². The van der Waals surface area contributed by atoms with Gasteiger partial charge in [0.15, 0.2) is 0 Å². The first-order valence-corrected chi connectivity index (χ1v) is 9.06. The molecule has 2 unspecified atom stereocenters. The third-order valence-electron chi connectivity index (χ3n) is 3.97. The van der Waals surface area contributed by atoms with Crippen LogP contribution in [0.5, 0.6) is 0 Å². The Bertz CT molecular complexity index is 624. The van der Waals surface area contributed by atoms with Crippen LogP contribution in [0.1, 0.15) is 25.3 Å². The van der Waals surface area contributed by atoms with Crippen molar-refractivity contribution in [3.8, 4) is 0 Å². The van der Waals surface area contributed by atoms with Crippen LogP contribution in [0.4, 0.5) is 4.39 Å². The lowest BCUT2D eigenvalue weighted by atomic mass is 9.84. The fourth-order valence-corrected chi connectivity index (χ4v) is 3.75. The summed E-state index contributed by atoms with van der Waals surface area (Å²) in [4.78, 5) is 12.0. The zero-order valence-electron chi connectivity index (χ0n) is 12.3. The quantitative estimate of drug-likeness (QED) is 0.876. The highest BCUT2D eigenvalue weighted by molar-refractivity contribution is 7.92. The van der Waals surface area contributed by atoms with Gasteiger partial charge in [-0.15, -0.1) is 0 Å². The van der Waals surface area contributed by atoms with Gasteiger partial charge in [-0.1, -0.05) is 18.2 Å². The van der Waals surface area contributed by atoms with Crippen LogP contribution in [0, 0.1) is 16.5 Å². The molecular formula is C15H21FN2O2S. The Morgan fingerprint density at radius 2 is 2.10 bits per heavy atom. The van der Waals surface area contributed by atoms with Gasteiger partial charge in [0.2, 0.25) is 5.91 Å². The molecule has 0 radical (unpaired) electrons. The molecule has 0 aliphatic heterocycles. The molecule has 1 aliphatic rings. The Hall–Kier alpha value is -1.43. The molecule has 1 aromatic rings. The average Bonchev–Trinajstić information content (AvgIpc) is 2.27. The van der Waals surface area contributed by atoms with Crippen molar-refractivity contribution in [1.29, 1.82) is 4.78 Å². The molecule has 0 heterocycles. The number of nitrogens with one attached hydrogen (secondary N) is 2. The molecule has 1 aliphatic carbocycles. The Morgan fingerprint density at radius 1 is 1.48 bits per heavy atom. The van der Waals surface area contributed by atoms with Crippen molar-refractivity contribution in [2.24, 2.45) is 5.92 Å². The Labute approximate surface area is 125 Å². The molecular weight excluding hydrogens is 291 g/mol. The summed E-state index contributed by atoms with van der Waals surface area (Å²) in [6, 6.07) is 6.38. The van der Waals surface area contributed by atoms with Crippen LogP contribution in [0.3, 0.4) is 0 Å². The molecule has 2 N–H and O–H groups in total. The van der Waals surface area contributed by atoms with Crippen LogP contribution in [0.15, 0.2) is 24.3 Å². The maximum atomic E-state index is 13.5. The summed E-state index contributed by atoms with van der Waals surface area (Å²) in [5.74, 6) is -0.509. The van der Waals surface area contributed by atoms with E-state index >= 15 is 0 Å². The van der Waals surface area contributed by atoms with E-state index in [-0.39, 0.29) is 28.9 Å². The molecule has 6 heteroatoms. The highest BCUT2D eigenvalue weighted by Gasteiger charge is 2.38. The van der Waals surface area contributed by atoms with E-state index in [1.807, 2.05) is 6.92 Å². The van der Waals surface area contributed by atoms with Crippen LogP contribution in [0.2, 0.25) is 0 Å². The second kappa shape index (κ2) is 6.13. The van der Waals surface area contributed by atoms with Gasteiger partial charge in [0.1, 0.15) is 5.82 Å². The second-order valence-electron chi connectivity index (χ2n) is 5.90. The maximum absolute atomic E-state index is 13.5. The van der Waals surface area contributed by atoms with E-state index in [4.69, 9.17) is 4.78 Å². The SMILES string of the molecule is CC(Cc1ccccc1F)NC(=O)C1CC(S(C)(=N)=O)C1. The number of carbonyl (C=O) groups is 1. The van der Waals surface area contributed by atoms with Crippen LogP contribution in [0.25, 0.3) is 0 Å². The molecule has 21 heavy (non-hydrogen) atoms. The van der Waals surface area contributed by atoms with Gasteiger partial charge in [0, 0.05) is 33.2 Å². The van der Waals surface area contributed by atoms with Gasteiger partial charge in [0.25, 0.3) is 0 Å². The van der Waals surface area contributed by atoms with E-state index in [1.165, 1.54) is 12.3 Å². The molecule has 0 spiro atoms. The van der Waals surface area contributed by atoms with Gasteiger partial charge in [-0.2, -0.15) is 0 Å². The summed E-state index contributed by atoms with van der Waals surface area (Å²) >= 11 is 0. The third kappa shape index (κ3) is 4.03. The fraction of sp³-hybridized carbons (Fsp3) is 0.533. The highest BCUT2D eigenvalue weighted by atomic mass is 32.2. The lowest BCUT2D eigenvalue weighted by Crippen LogP contribution is -2.46. The molecule has 0 saturated heterocycles. The number of hydrogen-bond donors (Lipinski definition) is 2. The van der Waals surface area contributed by atoms with Gasteiger partial charge in [0.05, 0.1) is 0 Å². The molecule has 0 aromatic heterocycles. The first kappa shape index (κ1) is 15.9. The van der Waals surface area contributed by atoms with Crippen LogP contribution < -0.4 is 5.32 Å². The first-order valence-electron chi connectivity index (χ1n) is 7.03. The molecule has 4 nitrogen and oxygen atoms in total. The first-order chi connectivity index (χ1) is 9.77. The van der Waals surface area contributed by atoms with E-state index in [9.17, 15) is 13.4 Å². The molecule has 2 atom stereocenters. The van der Waals surface area contributed by atoms with E-state index in [0.717, 1.165) is 0 Å². The number of amides is 1. The minimum absolute atomic E-state index is 0.0845. The summed E-state index contributed by atoms with van der Waals surface area (Å²) in [5, 5.41) is 2.70. The van der Waals surface area contributed by atoms with Crippen molar-refractivity contribution in [1.82, 2.24) is 5.32 Å². The lowest BCUT2D eigenvalue weighted by Gasteiger charge is -2.34. The van der Waals surface area contributed by atoms with Crippen molar-refractivity contribution >= 4 is 15.6 Å². The summed E-state index contributed by atoms with van der Waals surface area (Å²) in [6.45, 7) is 1.84. The molecule has 1 aromatic carbocycles. The Morgan fingerprint density at radius 3 is 2.67 bits per heavy atom. The zero-order valence-corrected chi connectivity index (χ0v) is 13.1. The number of rotatable bonds is 5. The predicted molar refractivity (Wildman–Crippen MR) is 81.0 cm³/mol. The van der Waals surface area contributed by atoms with Gasteiger partial charge in [-0.3, -0.25) is 9.57 Å². The summed E-state index contributed by atoms with van der Waals surface area (Å²) < 4.78 is 32.6. The minimum atomic E-state index is -2.54. The number of benzene rings is 1. The predicted octanol–water partition coefficient (Wildman–Crippen LogP) is 2.33. The Balaban J connectivity index is 1.83. The normalized spacial score (nSPS) is 25.5. The zero-order chi connectivity index (χ0) is 15.6. The van der Waals surface area contributed by atoms with Crippen molar-refractivity contribution < 1.29 is 13.4 Å². The van der Waals surface area contributed by atoms with Crippen molar-refractivity contribution in [2.45, 2.75) is 37.5 Å². The largest absolute Gasteiger partial charge is 0.353 e. The fourth-order valence-electron chi connectivity index (χ4n) is 2.55. The highest BCUT2D eigenvalue weighted by Crippen LogP contribution is 2.33. The summed E-state index contributed by atoms with van der Waals surface area (Å²) in [6.07, 6.45) is 2.89. The average molecular weight is 312 g/mol. The van der Waals surface area contributed by atoms with Gasteiger partial charge >= 0.3 is 0 Å². The maximum Gasteiger partial charge on any atom is 0.223 e. The molecule has 1 amide bonds. The van der Waals surface area contributed by atoms with Gasteiger partial charge < -0.3 is 5.32 Å². The number of halogens is 1. The van der Waals surface area contributed by atoms with Gasteiger partial charge in [-0.05, 0) is 37.8 Å². The standard InChI is InChI=1S/C15H21FN2O2S/c1-10(7-11-5-3-4-6-14(11)16)18-15(19)12-8-13(9-12)21(2,17)20/h3-6,10,12-13,17H,7-9H2,1-2H3,(H,18,19). The number of carbonyl (C=O) groups excluding carboxylic acids is 1. The summed E-state index contributed by atoms with van der Waals surface area (Å²) in [5.41, 5.74) is 0.583. The van der Waals surface area contributed by atoms with Crippen LogP contribution in [-0.2, 0) is 20.9 Å².